The molecule has 2 nitrogen and oxygen atoms in total. The molecule has 318 valence electrons. The molecule has 5 heteroatoms. The van der Waals surface area contributed by atoms with E-state index < -0.39 is 29.6 Å². The fourth-order valence-corrected chi connectivity index (χ4v) is 18.1. The molecule has 0 aliphatic carbocycles. The fourth-order valence-electron chi connectivity index (χ4n) is 10.2. The Labute approximate surface area is 384 Å². The predicted molar refractivity (Wildman–Crippen MR) is 278 cm³/mol. The molecule has 2 aliphatic rings. The lowest BCUT2D eigenvalue weighted by molar-refractivity contribution is -0.165. The minimum absolute atomic E-state index is 0.237. The molecule has 1 spiro atoms. The number of hydrogen-bond acceptors (Lipinski definition) is 2. The van der Waals surface area contributed by atoms with Gasteiger partial charge in [-0.3, -0.25) is 0 Å². The van der Waals surface area contributed by atoms with Crippen molar-refractivity contribution >= 4 is 71.5 Å². The number of fused-ring (bicyclic) bond motifs is 2. The molecule has 0 amide bonds. The molecular formula is C59H55O2P3. The van der Waals surface area contributed by atoms with E-state index in [1.165, 1.54) is 70.0 Å². The van der Waals surface area contributed by atoms with E-state index in [2.05, 4.69) is 242 Å². The van der Waals surface area contributed by atoms with Crippen molar-refractivity contribution in [2.24, 2.45) is 0 Å². The lowest BCUT2D eigenvalue weighted by Gasteiger charge is -2.52. The predicted octanol–water partition coefficient (Wildman–Crippen LogP) is 11.1. The average Bonchev–Trinajstić information content (AvgIpc) is 3.29. The molecule has 2 aliphatic heterocycles. The maximum Gasteiger partial charge on any atom is 0.253 e. The van der Waals surface area contributed by atoms with E-state index in [0.29, 0.717) is 0 Å². The Hall–Kier alpha value is -5.35. The van der Waals surface area contributed by atoms with E-state index in [9.17, 15) is 0 Å². The lowest BCUT2D eigenvalue weighted by atomic mass is 9.69. The minimum Gasteiger partial charge on any atom is -0.451 e. The SMILES string of the molecule is Cc1cc(P(c2ccccc2)c2ccccc2)c2c(c1)C(C)(C)CC1(CC(C)(C)c3cc(C)cc(P(c4ccccc4)c4ccccc4P(c4ccccc4)c4ccccc4)c3O1)O2. The first-order chi connectivity index (χ1) is 31.0. The summed E-state index contributed by atoms with van der Waals surface area (Å²) < 4.78 is 15.6. The Kier molecular flexibility index (Phi) is 11.5. The van der Waals surface area contributed by atoms with Crippen molar-refractivity contribution < 1.29 is 9.47 Å². The highest BCUT2D eigenvalue weighted by Gasteiger charge is 2.55. The number of hydrogen-bond donors (Lipinski definition) is 0. The van der Waals surface area contributed by atoms with Crippen LogP contribution in [0.15, 0.2) is 200 Å². The fraction of sp³-hybridized carbons (Fsp3) is 0.186. The number of ether oxygens (including phenoxy) is 2. The summed E-state index contributed by atoms with van der Waals surface area (Å²) in [6.07, 6.45) is 1.46. The van der Waals surface area contributed by atoms with Crippen LogP contribution in [0.2, 0.25) is 0 Å². The van der Waals surface area contributed by atoms with E-state index in [4.69, 9.17) is 9.47 Å². The van der Waals surface area contributed by atoms with Gasteiger partial charge in [-0.05, 0) is 98.0 Å². The summed E-state index contributed by atoms with van der Waals surface area (Å²) in [6.45, 7) is 14.1. The van der Waals surface area contributed by atoms with Gasteiger partial charge >= 0.3 is 0 Å². The summed E-state index contributed by atoms with van der Waals surface area (Å²) in [5.41, 5.74) is 4.54. The smallest absolute Gasteiger partial charge is 0.253 e. The first-order valence-corrected chi connectivity index (χ1v) is 26.5. The molecule has 0 bridgehead atoms. The minimum atomic E-state index is -1.11. The summed E-state index contributed by atoms with van der Waals surface area (Å²) in [4.78, 5) is 0. The highest BCUT2D eigenvalue weighted by Crippen LogP contribution is 2.56. The normalized spacial score (nSPS) is 17.6. The molecule has 8 aromatic rings. The third-order valence-corrected chi connectivity index (χ3v) is 20.4. The van der Waals surface area contributed by atoms with E-state index >= 15 is 0 Å². The molecule has 0 fully saturated rings. The van der Waals surface area contributed by atoms with Crippen LogP contribution in [0.3, 0.4) is 0 Å². The van der Waals surface area contributed by atoms with Crippen molar-refractivity contribution in [1.29, 1.82) is 0 Å². The average molecular weight is 889 g/mol. The molecule has 2 unspecified atom stereocenters. The number of benzene rings is 8. The molecule has 0 radical (unpaired) electrons. The van der Waals surface area contributed by atoms with Crippen LogP contribution in [0.1, 0.15) is 62.8 Å². The van der Waals surface area contributed by atoms with Gasteiger partial charge in [0.15, 0.2) is 0 Å². The third kappa shape index (κ3) is 8.05. The summed E-state index contributed by atoms with van der Waals surface area (Å²) in [7, 11) is -2.92. The van der Waals surface area contributed by atoms with E-state index in [1.54, 1.807) is 0 Å². The van der Waals surface area contributed by atoms with Crippen LogP contribution in [0, 0.1) is 13.8 Å². The van der Waals surface area contributed by atoms with Gasteiger partial charge in [-0.25, -0.2) is 0 Å². The standard InChI is InChI=1S/C59H55O2P3/c1-42-36-49-55(53(38-42)63(46-28-16-9-17-29-46)47-30-18-10-19-31-47)60-59(40-57(49,3)4)41-58(5,6)50-37-43(2)39-54(56(50)61-59)64(48-32-20-11-21-33-48)52-35-23-22-34-51(52)62(44-24-12-7-13-25-44)45-26-14-8-15-27-45/h7-39H,40-41H2,1-6H3. The van der Waals surface area contributed by atoms with Crippen molar-refractivity contribution in [3.63, 3.8) is 0 Å². The largest absolute Gasteiger partial charge is 0.451 e. The van der Waals surface area contributed by atoms with Crippen LogP contribution < -0.4 is 57.2 Å². The second-order valence-corrected chi connectivity index (χ2v) is 25.3. The molecule has 0 saturated heterocycles. The molecule has 0 N–H and O–H groups in total. The van der Waals surface area contributed by atoms with Crippen molar-refractivity contribution in [3.8, 4) is 11.5 Å². The Morgan fingerprint density at radius 3 is 0.984 bits per heavy atom. The van der Waals surface area contributed by atoms with Gasteiger partial charge in [-0.1, -0.05) is 216 Å². The van der Waals surface area contributed by atoms with Gasteiger partial charge in [-0.2, -0.15) is 0 Å². The third-order valence-electron chi connectivity index (χ3n) is 12.8. The van der Waals surface area contributed by atoms with Crippen molar-refractivity contribution in [3.05, 3.63) is 222 Å². The highest BCUT2D eigenvalue weighted by atomic mass is 31.1. The second kappa shape index (κ2) is 17.2. The van der Waals surface area contributed by atoms with Gasteiger partial charge in [0, 0.05) is 45.4 Å². The molecule has 2 heterocycles. The van der Waals surface area contributed by atoms with Crippen LogP contribution >= 0.6 is 23.8 Å². The van der Waals surface area contributed by atoms with Gasteiger partial charge in [0.25, 0.3) is 5.79 Å². The summed E-state index contributed by atoms with van der Waals surface area (Å²) in [5, 5.41) is 11.8. The Morgan fingerprint density at radius 2 is 0.625 bits per heavy atom. The van der Waals surface area contributed by atoms with Gasteiger partial charge in [-0.15, -0.1) is 0 Å². The molecule has 10 rings (SSSR count). The van der Waals surface area contributed by atoms with Gasteiger partial charge in [0.1, 0.15) is 11.5 Å². The maximum absolute atomic E-state index is 7.85. The monoisotopic (exact) mass is 888 g/mol. The van der Waals surface area contributed by atoms with Gasteiger partial charge in [0.05, 0.1) is 0 Å². The maximum atomic E-state index is 7.85. The highest BCUT2D eigenvalue weighted by molar-refractivity contribution is 7.85. The first kappa shape index (κ1) is 42.6. The van der Waals surface area contributed by atoms with E-state index in [0.717, 1.165) is 24.3 Å². The topological polar surface area (TPSA) is 18.5 Å². The zero-order valence-electron chi connectivity index (χ0n) is 37.6. The van der Waals surface area contributed by atoms with E-state index in [1.807, 2.05) is 0 Å². The van der Waals surface area contributed by atoms with Crippen molar-refractivity contribution in [1.82, 2.24) is 0 Å². The van der Waals surface area contributed by atoms with Crippen LogP contribution in [0.4, 0.5) is 0 Å². The van der Waals surface area contributed by atoms with E-state index in [-0.39, 0.29) is 10.8 Å². The zero-order chi connectivity index (χ0) is 44.1. The van der Waals surface area contributed by atoms with Crippen LogP contribution in [0.5, 0.6) is 11.5 Å². The van der Waals surface area contributed by atoms with Crippen molar-refractivity contribution in [2.45, 2.75) is 71.0 Å². The summed E-state index contributed by atoms with van der Waals surface area (Å²) >= 11 is 0. The summed E-state index contributed by atoms with van der Waals surface area (Å²) in [6, 6.07) is 74.3. The number of rotatable bonds is 9. The summed E-state index contributed by atoms with van der Waals surface area (Å²) in [5.74, 6) is 1.06. The Bertz CT molecular complexity index is 2840. The zero-order valence-corrected chi connectivity index (χ0v) is 40.3. The molecular weight excluding hydrogens is 834 g/mol. The number of aryl methyl sites for hydroxylation is 2. The van der Waals surface area contributed by atoms with Gasteiger partial charge in [0.2, 0.25) is 0 Å². The quantitative estimate of drug-likeness (QED) is 0.134. The van der Waals surface area contributed by atoms with Gasteiger partial charge < -0.3 is 9.47 Å². The Morgan fingerprint density at radius 1 is 0.344 bits per heavy atom. The molecule has 2 atom stereocenters. The van der Waals surface area contributed by atoms with Crippen molar-refractivity contribution in [2.75, 3.05) is 0 Å². The Balaban J connectivity index is 1.17. The first-order valence-electron chi connectivity index (χ1n) is 22.4. The molecule has 64 heavy (non-hydrogen) atoms. The lowest BCUT2D eigenvalue weighted by Crippen LogP contribution is -2.57. The second-order valence-electron chi connectivity index (χ2n) is 18.7. The molecule has 0 aromatic heterocycles. The van der Waals surface area contributed by atoms with Crippen LogP contribution in [0.25, 0.3) is 0 Å². The van der Waals surface area contributed by atoms with Crippen LogP contribution in [-0.2, 0) is 10.8 Å². The molecule has 8 aromatic carbocycles. The molecule has 0 saturated carbocycles. The van der Waals surface area contributed by atoms with Crippen LogP contribution in [-0.4, -0.2) is 5.79 Å².